The third-order valence-corrected chi connectivity index (χ3v) is 6.41. The van der Waals surface area contributed by atoms with Crippen molar-refractivity contribution in [3.63, 3.8) is 0 Å². The molecular weight excluding hydrogens is 420 g/mol. The summed E-state index contributed by atoms with van der Waals surface area (Å²) in [6, 6.07) is 10.3. The van der Waals surface area contributed by atoms with Gasteiger partial charge in [-0.25, -0.2) is 9.97 Å². The van der Waals surface area contributed by atoms with Crippen LogP contribution >= 0.6 is 0 Å². The van der Waals surface area contributed by atoms with Crippen LogP contribution in [0.3, 0.4) is 0 Å². The maximum Gasteiger partial charge on any atom is 0.232 e. The number of carbonyl (C=O) groups is 1. The smallest absolute Gasteiger partial charge is 0.232 e. The van der Waals surface area contributed by atoms with Crippen LogP contribution < -0.4 is 30.9 Å². The number of nitrogens with two attached hydrogens (primary N) is 2. The Kier molecular flexibility index (Phi) is 4.82. The SMILES string of the molecule is COc1ccc(N2CCN(c3nc(N)c4c(N)nc5c(c4c3C#N)CC(=O)N5C)CC2)cc1. The summed E-state index contributed by atoms with van der Waals surface area (Å²) in [6.45, 7) is 2.85. The van der Waals surface area contributed by atoms with Gasteiger partial charge in [-0.3, -0.25) is 9.69 Å². The summed E-state index contributed by atoms with van der Waals surface area (Å²) in [6.07, 6.45) is 0.151. The third kappa shape index (κ3) is 3.20. The van der Waals surface area contributed by atoms with Crippen LogP contribution in [0.15, 0.2) is 24.3 Å². The average molecular weight is 444 g/mol. The number of amides is 1. The van der Waals surface area contributed by atoms with Gasteiger partial charge in [-0.2, -0.15) is 5.26 Å². The van der Waals surface area contributed by atoms with Crippen LogP contribution in [0.5, 0.6) is 5.75 Å². The summed E-state index contributed by atoms with van der Waals surface area (Å²) in [7, 11) is 3.30. The van der Waals surface area contributed by atoms with Gasteiger partial charge in [0.1, 0.15) is 40.7 Å². The zero-order chi connectivity index (χ0) is 23.3. The largest absolute Gasteiger partial charge is 0.497 e. The van der Waals surface area contributed by atoms with Crippen molar-refractivity contribution < 1.29 is 9.53 Å². The number of aromatic nitrogens is 2. The van der Waals surface area contributed by atoms with E-state index < -0.39 is 0 Å². The molecular formula is C23H24N8O2. The molecule has 168 valence electrons. The molecule has 3 aromatic rings. The standard InChI is InChI=1S/C23H24N8O2/c1-29-17(32)11-15-18-16(12-24)23(28-21(26)19(18)20(25)27-22(15)29)31-9-7-30(8-10-31)13-3-5-14(33-2)6-4-13/h3-6H,7-11H2,1-2H3,(H2,25,27)(H2,26,28). The number of piperazine rings is 1. The molecule has 0 saturated carbocycles. The lowest BCUT2D eigenvalue weighted by atomic mass is 10.00. The minimum Gasteiger partial charge on any atom is -0.497 e. The number of carbonyl (C=O) groups excluding carboxylic acids is 1. The average Bonchev–Trinajstić information content (AvgIpc) is 3.12. The highest BCUT2D eigenvalue weighted by Crippen LogP contribution is 2.41. The summed E-state index contributed by atoms with van der Waals surface area (Å²) >= 11 is 0. The van der Waals surface area contributed by atoms with E-state index in [0.717, 1.165) is 24.5 Å². The Balaban J connectivity index is 1.52. The van der Waals surface area contributed by atoms with E-state index >= 15 is 0 Å². The Hall–Kier alpha value is -4.26. The summed E-state index contributed by atoms with van der Waals surface area (Å²) in [5.41, 5.74) is 14.7. The van der Waals surface area contributed by atoms with E-state index in [-0.39, 0.29) is 24.0 Å². The maximum absolute atomic E-state index is 12.4. The molecule has 2 aliphatic rings. The number of hydrogen-bond acceptors (Lipinski definition) is 9. The quantitative estimate of drug-likeness (QED) is 0.616. The van der Waals surface area contributed by atoms with Crippen molar-refractivity contribution in [3.05, 3.63) is 35.4 Å². The number of likely N-dealkylation sites (N-methyl/N-ethyl adjacent to an activating group) is 1. The van der Waals surface area contributed by atoms with Crippen LogP contribution in [-0.4, -0.2) is 56.2 Å². The molecule has 2 aromatic heterocycles. The highest BCUT2D eigenvalue weighted by molar-refractivity contribution is 6.13. The summed E-state index contributed by atoms with van der Waals surface area (Å²) in [5.74, 6) is 2.10. The third-order valence-electron chi connectivity index (χ3n) is 6.41. The van der Waals surface area contributed by atoms with Crippen molar-refractivity contribution in [2.24, 2.45) is 0 Å². The van der Waals surface area contributed by atoms with Crippen molar-refractivity contribution in [2.75, 3.05) is 66.5 Å². The zero-order valence-electron chi connectivity index (χ0n) is 18.5. The first-order chi connectivity index (χ1) is 15.9. The molecule has 1 amide bonds. The van der Waals surface area contributed by atoms with Gasteiger partial charge in [0.05, 0.1) is 18.9 Å². The molecule has 1 saturated heterocycles. The Bertz CT molecular complexity index is 1310. The Morgan fingerprint density at radius 1 is 0.970 bits per heavy atom. The van der Waals surface area contributed by atoms with Crippen molar-refractivity contribution in [1.29, 1.82) is 5.26 Å². The van der Waals surface area contributed by atoms with Gasteiger partial charge in [-0.05, 0) is 24.3 Å². The molecule has 0 radical (unpaired) electrons. The van der Waals surface area contributed by atoms with Gasteiger partial charge in [0.15, 0.2) is 0 Å². The number of benzene rings is 1. The lowest BCUT2D eigenvalue weighted by Crippen LogP contribution is -2.47. The van der Waals surface area contributed by atoms with Gasteiger partial charge in [0, 0.05) is 49.9 Å². The molecule has 1 aromatic carbocycles. The second kappa shape index (κ2) is 7.70. The van der Waals surface area contributed by atoms with Crippen LogP contribution in [0.2, 0.25) is 0 Å². The van der Waals surface area contributed by atoms with E-state index in [1.165, 1.54) is 4.90 Å². The lowest BCUT2D eigenvalue weighted by Gasteiger charge is -2.37. The molecule has 0 aliphatic carbocycles. The van der Waals surface area contributed by atoms with Gasteiger partial charge < -0.3 is 26.0 Å². The number of nitriles is 1. The number of hydrogen-bond donors (Lipinski definition) is 2. The van der Waals surface area contributed by atoms with Crippen molar-refractivity contribution >= 4 is 45.6 Å². The monoisotopic (exact) mass is 444 g/mol. The maximum atomic E-state index is 12.4. The fourth-order valence-corrected chi connectivity index (χ4v) is 4.64. The minimum atomic E-state index is -0.0988. The molecule has 0 unspecified atom stereocenters. The molecule has 10 nitrogen and oxygen atoms in total. The predicted molar refractivity (Wildman–Crippen MR) is 128 cm³/mol. The number of methoxy groups -OCH3 is 1. The number of rotatable bonds is 3. The predicted octanol–water partition coefficient (Wildman–Crippen LogP) is 1.52. The first-order valence-electron chi connectivity index (χ1n) is 10.6. The van der Waals surface area contributed by atoms with Gasteiger partial charge in [-0.1, -0.05) is 0 Å². The number of nitrogens with zero attached hydrogens (tertiary/aromatic N) is 6. The highest BCUT2D eigenvalue weighted by atomic mass is 16.5. The van der Waals surface area contributed by atoms with Crippen molar-refractivity contribution in [3.8, 4) is 11.8 Å². The molecule has 0 atom stereocenters. The fraction of sp³-hybridized carbons (Fsp3) is 0.304. The number of anilines is 5. The zero-order valence-corrected chi connectivity index (χ0v) is 18.5. The molecule has 4 heterocycles. The number of ether oxygens (including phenoxy) is 1. The molecule has 0 bridgehead atoms. The van der Waals surface area contributed by atoms with E-state index in [1.54, 1.807) is 14.2 Å². The summed E-state index contributed by atoms with van der Waals surface area (Å²) in [4.78, 5) is 27.1. The van der Waals surface area contributed by atoms with E-state index in [1.807, 2.05) is 24.3 Å². The van der Waals surface area contributed by atoms with E-state index in [9.17, 15) is 10.1 Å². The van der Waals surface area contributed by atoms with Crippen LogP contribution in [-0.2, 0) is 11.2 Å². The summed E-state index contributed by atoms with van der Waals surface area (Å²) < 4.78 is 5.24. The number of fused-ring (bicyclic) bond motifs is 3. The fourth-order valence-electron chi connectivity index (χ4n) is 4.64. The van der Waals surface area contributed by atoms with Crippen LogP contribution in [0.25, 0.3) is 10.8 Å². The Labute approximate surface area is 191 Å². The molecule has 33 heavy (non-hydrogen) atoms. The molecule has 4 N–H and O–H groups in total. The summed E-state index contributed by atoms with van der Waals surface area (Å²) in [5, 5.41) is 11.2. The molecule has 0 spiro atoms. The highest BCUT2D eigenvalue weighted by Gasteiger charge is 2.33. The van der Waals surface area contributed by atoms with Gasteiger partial charge in [0.2, 0.25) is 5.91 Å². The topological polar surface area (TPSA) is 138 Å². The molecule has 5 rings (SSSR count). The van der Waals surface area contributed by atoms with Crippen LogP contribution in [0, 0.1) is 11.3 Å². The van der Waals surface area contributed by atoms with Gasteiger partial charge in [-0.15, -0.1) is 0 Å². The second-order valence-electron chi connectivity index (χ2n) is 8.16. The minimum absolute atomic E-state index is 0.0988. The van der Waals surface area contributed by atoms with E-state index in [2.05, 4.69) is 25.8 Å². The lowest BCUT2D eigenvalue weighted by molar-refractivity contribution is -0.117. The van der Waals surface area contributed by atoms with Crippen LogP contribution in [0.1, 0.15) is 11.1 Å². The number of pyridine rings is 2. The van der Waals surface area contributed by atoms with Gasteiger partial charge in [0.25, 0.3) is 0 Å². The molecule has 2 aliphatic heterocycles. The Morgan fingerprint density at radius 3 is 2.18 bits per heavy atom. The Morgan fingerprint density at radius 2 is 1.58 bits per heavy atom. The number of nitrogen functional groups attached to an aromatic ring is 2. The van der Waals surface area contributed by atoms with Gasteiger partial charge >= 0.3 is 0 Å². The first kappa shape index (κ1) is 20.6. The van der Waals surface area contributed by atoms with Crippen molar-refractivity contribution in [1.82, 2.24) is 9.97 Å². The van der Waals surface area contributed by atoms with Crippen LogP contribution in [0.4, 0.5) is 29.0 Å². The molecule has 10 heteroatoms. The van der Waals surface area contributed by atoms with E-state index in [4.69, 9.17) is 16.2 Å². The van der Waals surface area contributed by atoms with Crippen molar-refractivity contribution in [2.45, 2.75) is 6.42 Å². The second-order valence-corrected chi connectivity index (χ2v) is 8.16. The normalized spacial score (nSPS) is 15.7. The molecule has 1 fully saturated rings. The van der Waals surface area contributed by atoms with E-state index in [0.29, 0.717) is 46.6 Å². The first-order valence-corrected chi connectivity index (χ1v) is 10.6.